The Bertz CT molecular complexity index is 493. The Hall–Kier alpha value is -1.33. The van der Waals surface area contributed by atoms with Crippen molar-refractivity contribution in [2.24, 2.45) is 17.6 Å². The van der Waals surface area contributed by atoms with Crippen molar-refractivity contribution in [2.45, 2.75) is 19.9 Å². The Labute approximate surface area is 117 Å². The summed E-state index contributed by atoms with van der Waals surface area (Å²) < 4.78 is 0. The van der Waals surface area contributed by atoms with Crippen molar-refractivity contribution >= 4 is 23.4 Å². The van der Waals surface area contributed by atoms with Crippen LogP contribution < -0.4 is 10.6 Å². The van der Waals surface area contributed by atoms with Gasteiger partial charge in [-0.05, 0) is 17.9 Å². The minimum absolute atomic E-state index is 0.0945. The second kappa shape index (κ2) is 5.35. The monoisotopic (exact) mass is 283 g/mol. The minimum atomic E-state index is -1.03. The Kier molecular flexibility index (Phi) is 3.96. The van der Waals surface area contributed by atoms with Gasteiger partial charge in [0.25, 0.3) is 0 Å². The van der Waals surface area contributed by atoms with Crippen LogP contribution in [0.25, 0.3) is 0 Å². The molecule has 2 rings (SSSR count). The molecular weight excluding hydrogens is 266 g/mol. The number of carboxylic acid groups (broad SMARTS) is 1. The summed E-state index contributed by atoms with van der Waals surface area (Å²) in [4.78, 5) is 17.0. The summed E-state index contributed by atoms with van der Waals surface area (Å²) in [6.45, 7) is 5.80. The molecule has 1 aromatic rings. The van der Waals surface area contributed by atoms with E-state index in [1.807, 2.05) is 4.90 Å². The van der Waals surface area contributed by atoms with Crippen LogP contribution in [0.15, 0.2) is 12.3 Å². The largest absolute Gasteiger partial charge is 0.478 e. The standard InChI is InChI=1S/C13H18ClN3O2/c1-7(2)9-5-17(6-11(9)15)12-10(14)3-8(4-16-12)13(18)19/h3-4,7,9,11H,5-6,15H2,1-2H3,(H,18,19)/t9-,11+/m0/s1. The van der Waals surface area contributed by atoms with Gasteiger partial charge in [0.1, 0.15) is 5.82 Å². The van der Waals surface area contributed by atoms with E-state index in [0.717, 1.165) is 6.54 Å². The van der Waals surface area contributed by atoms with E-state index in [-0.39, 0.29) is 11.6 Å². The molecule has 1 fully saturated rings. The fourth-order valence-electron chi connectivity index (χ4n) is 2.51. The molecule has 0 amide bonds. The van der Waals surface area contributed by atoms with Gasteiger partial charge in [-0.25, -0.2) is 9.78 Å². The molecule has 0 radical (unpaired) electrons. The molecule has 5 nitrogen and oxygen atoms in total. The number of nitrogens with two attached hydrogens (primary N) is 1. The van der Waals surface area contributed by atoms with Crippen LogP contribution in [0.2, 0.25) is 5.02 Å². The Morgan fingerprint density at radius 3 is 2.74 bits per heavy atom. The van der Waals surface area contributed by atoms with Gasteiger partial charge in [-0.15, -0.1) is 0 Å². The lowest BCUT2D eigenvalue weighted by atomic mass is 9.92. The van der Waals surface area contributed by atoms with Gasteiger partial charge in [-0.1, -0.05) is 25.4 Å². The van der Waals surface area contributed by atoms with Crippen molar-refractivity contribution in [1.82, 2.24) is 4.98 Å². The predicted octanol–water partition coefficient (Wildman–Crippen LogP) is 1.85. The molecule has 0 aromatic carbocycles. The number of hydrogen-bond donors (Lipinski definition) is 2. The second-order valence-corrected chi connectivity index (χ2v) is 5.72. The SMILES string of the molecule is CC(C)[C@@H]1CN(c2ncc(C(=O)O)cc2Cl)C[C@H]1N. The summed E-state index contributed by atoms with van der Waals surface area (Å²) in [5.41, 5.74) is 6.22. The van der Waals surface area contributed by atoms with E-state index in [2.05, 4.69) is 18.8 Å². The first-order valence-corrected chi connectivity index (χ1v) is 6.67. The smallest absolute Gasteiger partial charge is 0.337 e. The fraction of sp³-hybridized carbons (Fsp3) is 0.538. The van der Waals surface area contributed by atoms with Crippen molar-refractivity contribution in [2.75, 3.05) is 18.0 Å². The molecule has 1 aromatic heterocycles. The zero-order chi connectivity index (χ0) is 14.2. The van der Waals surface area contributed by atoms with Crippen LogP contribution in [-0.2, 0) is 0 Å². The Morgan fingerprint density at radius 1 is 1.58 bits per heavy atom. The summed E-state index contributed by atoms with van der Waals surface area (Å²) in [6, 6.07) is 1.53. The quantitative estimate of drug-likeness (QED) is 0.885. The molecule has 2 atom stereocenters. The molecule has 1 aliphatic rings. The molecule has 2 heterocycles. The zero-order valence-corrected chi connectivity index (χ0v) is 11.8. The lowest BCUT2D eigenvalue weighted by molar-refractivity contribution is 0.0696. The van der Waals surface area contributed by atoms with Crippen molar-refractivity contribution in [1.29, 1.82) is 0 Å². The third-order valence-electron chi connectivity index (χ3n) is 3.64. The number of carbonyl (C=O) groups is 1. The number of carboxylic acids is 1. The van der Waals surface area contributed by atoms with Crippen LogP contribution in [0, 0.1) is 11.8 Å². The Morgan fingerprint density at radius 2 is 2.26 bits per heavy atom. The summed E-state index contributed by atoms with van der Waals surface area (Å²) in [5.74, 6) is 0.485. The lowest BCUT2D eigenvalue weighted by Gasteiger charge is -2.20. The maximum Gasteiger partial charge on any atom is 0.337 e. The summed E-state index contributed by atoms with van der Waals surface area (Å²) in [7, 11) is 0. The normalized spacial score (nSPS) is 23.1. The highest BCUT2D eigenvalue weighted by Gasteiger charge is 2.33. The van der Waals surface area contributed by atoms with Crippen LogP contribution in [0.3, 0.4) is 0 Å². The number of pyridine rings is 1. The van der Waals surface area contributed by atoms with Crippen LogP contribution in [0.4, 0.5) is 5.82 Å². The van der Waals surface area contributed by atoms with Crippen LogP contribution >= 0.6 is 11.6 Å². The summed E-state index contributed by atoms with van der Waals surface area (Å²) >= 11 is 6.12. The van der Waals surface area contributed by atoms with Gasteiger partial charge in [0.05, 0.1) is 10.6 Å². The number of anilines is 1. The number of hydrogen-bond acceptors (Lipinski definition) is 4. The average Bonchev–Trinajstić information content (AvgIpc) is 2.71. The van der Waals surface area contributed by atoms with E-state index in [1.54, 1.807) is 0 Å². The second-order valence-electron chi connectivity index (χ2n) is 5.31. The fourth-order valence-corrected chi connectivity index (χ4v) is 2.80. The molecule has 0 spiro atoms. The third kappa shape index (κ3) is 2.82. The average molecular weight is 284 g/mol. The molecule has 0 saturated carbocycles. The van der Waals surface area contributed by atoms with Crippen LogP contribution in [-0.4, -0.2) is 35.2 Å². The molecule has 0 aliphatic carbocycles. The number of rotatable bonds is 3. The van der Waals surface area contributed by atoms with Gasteiger partial charge in [-0.3, -0.25) is 0 Å². The van der Waals surface area contributed by atoms with Crippen LogP contribution in [0.5, 0.6) is 0 Å². The molecule has 104 valence electrons. The van der Waals surface area contributed by atoms with E-state index in [4.69, 9.17) is 22.4 Å². The van der Waals surface area contributed by atoms with Gasteiger partial charge in [-0.2, -0.15) is 0 Å². The van der Waals surface area contributed by atoms with Crippen molar-refractivity contribution in [3.8, 4) is 0 Å². The van der Waals surface area contributed by atoms with Gasteiger partial charge < -0.3 is 15.7 Å². The lowest BCUT2D eigenvalue weighted by Crippen LogP contribution is -2.32. The van der Waals surface area contributed by atoms with Gasteiger partial charge in [0, 0.05) is 25.3 Å². The van der Waals surface area contributed by atoms with E-state index in [1.165, 1.54) is 12.3 Å². The number of nitrogens with zero attached hydrogens (tertiary/aromatic N) is 2. The molecular formula is C13H18ClN3O2. The zero-order valence-electron chi connectivity index (χ0n) is 11.0. The first-order chi connectivity index (χ1) is 8.90. The first kappa shape index (κ1) is 14.1. The van der Waals surface area contributed by atoms with Gasteiger partial charge in [0.2, 0.25) is 0 Å². The van der Waals surface area contributed by atoms with Crippen LogP contribution in [0.1, 0.15) is 24.2 Å². The number of halogens is 1. The van der Waals surface area contributed by atoms with E-state index < -0.39 is 5.97 Å². The molecule has 6 heteroatoms. The summed E-state index contributed by atoms with van der Waals surface area (Å²) in [6.07, 6.45) is 1.33. The van der Waals surface area contributed by atoms with Crippen molar-refractivity contribution in [3.05, 3.63) is 22.8 Å². The molecule has 19 heavy (non-hydrogen) atoms. The minimum Gasteiger partial charge on any atom is -0.478 e. The Balaban J connectivity index is 2.22. The first-order valence-electron chi connectivity index (χ1n) is 6.29. The third-order valence-corrected chi connectivity index (χ3v) is 3.92. The predicted molar refractivity (Wildman–Crippen MR) is 74.7 cm³/mol. The maximum absolute atomic E-state index is 10.8. The number of aromatic nitrogens is 1. The van der Waals surface area contributed by atoms with E-state index >= 15 is 0 Å². The highest BCUT2D eigenvalue weighted by Crippen LogP contribution is 2.31. The summed E-state index contributed by atoms with van der Waals surface area (Å²) in [5, 5.41) is 9.25. The van der Waals surface area contributed by atoms with Crippen molar-refractivity contribution in [3.63, 3.8) is 0 Å². The van der Waals surface area contributed by atoms with E-state index in [0.29, 0.717) is 29.2 Å². The van der Waals surface area contributed by atoms with Gasteiger partial charge in [0.15, 0.2) is 0 Å². The van der Waals surface area contributed by atoms with Crippen molar-refractivity contribution < 1.29 is 9.90 Å². The number of aromatic carboxylic acids is 1. The molecule has 1 saturated heterocycles. The highest BCUT2D eigenvalue weighted by molar-refractivity contribution is 6.33. The topological polar surface area (TPSA) is 79.5 Å². The van der Waals surface area contributed by atoms with Gasteiger partial charge >= 0.3 is 5.97 Å². The molecule has 3 N–H and O–H groups in total. The molecule has 0 unspecified atom stereocenters. The molecule has 1 aliphatic heterocycles. The highest BCUT2D eigenvalue weighted by atomic mass is 35.5. The van der Waals surface area contributed by atoms with E-state index in [9.17, 15) is 4.79 Å². The maximum atomic E-state index is 10.8. The molecule has 0 bridgehead atoms.